The summed E-state index contributed by atoms with van der Waals surface area (Å²) in [5.74, 6) is -0.518. The van der Waals surface area contributed by atoms with Gasteiger partial charge in [-0.2, -0.15) is 0 Å². The molecule has 1 rings (SSSR count). The van der Waals surface area contributed by atoms with Crippen LogP contribution in [0.2, 0.25) is 0 Å². The first-order valence-corrected chi connectivity index (χ1v) is 6.59. The summed E-state index contributed by atoms with van der Waals surface area (Å²) in [4.78, 5) is 12.2. The molecule has 0 aliphatic carbocycles. The van der Waals surface area contributed by atoms with E-state index in [1.165, 1.54) is 6.07 Å². The monoisotopic (exact) mass is 267 g/mol. The highest BCUT2D eigenvalue weighted by Crippen LogP contribution is 2.25. The molecule has 0 aliphatic heterocycles. The van der Waals surface area contributed by atoms with Crippen LogP contribution in [0, 0.1) is 11.7 Å². The van der Waals surface area contributed by atoms with Crippen LogP contribution in [-0.2, 0) is 15.1 Å². The number of hydrogen-bond donors (Lipinski definition) is 1. The maximum absolute atomic E-state index is 14.0. The van der Waals surface area contributed by atoms with Crippen LogP contribution in [0.15, 0.2) is 24.3 Å². The van der Waals surface area contributed by atoms with Gasteiger partial charge < -0.3 is 4.74 Å². The van der Waals surface area contributed by atoms with E-state index < -0.39 is 17.3 Å². The van der Waals surface area contributed by atoms with E-state index in [2.05, 4.69) is 5.32 Å². The van der Waals surface area contributed by atoms with Gasteiger partial charge in [0.15, 0.2) is 0 Å². The van der Waals surface area contributed by atoms with Crippen LogP contribution < -0.4 is 5.32 Å². The van der Waals surface area contributed by atoms with Crippen molar-refractivity contribution in [2.75, 3.05) is 13.2 Å². The molecule has 4 heteroatoms. The number of nitrogens with one attached hydrogen (secondary N) is 1. The Morgan fingerprint density at radius 1 is 1.42 bits per heavy atom. The predicted octanol–water partition coefficient (Wildman–Crippen LogP) is 2.85. The van der Waals surface area contributed by atoms with Crippen molar-refractivity contribution in [1.29, 1.82) is 0 Å². The average molecular weight is 267 g/mol. The van der Waals surface area contributed by atoms with Gasteiger partial charge in [-0.15, -0.1) is 0 Å². The van der Waals surface area contributed by atoms with E-state index >= 15 is 0 Å². The first-order valence-electron chi connectivity index (χ1n) is 6.59. The summed E-state index contributed by atoms with van der Waals surface area (Å²) in [5.41, 5.74) is -0.847. The number of rotatable bonds is 6. The van der Waals surface area contributed by atoms with E-state index in [0.717, 1.165) is 0 Å². The largest absolute Gasteiger partial charge is 0.464 e. The van der Waals surface area contributed by atoms with Crippen LogP contribution in [0.4, 0.5) is 4.39 Å². The zero-order chi connectivity index (χ0) is 14.5. The van der Waals surface area contributed by atoms with Crippen LogP contribution in [-0.4, -0.2) is 19.1 Å². The third-order valence-electron chi connectivity index (χ3n) is 2.96. The normalized spacial score (nSPS) is 14.2. The van der Waals surface area contributed by atoms with Gasteiger partial charge in [0.2, 0.25) is 0 Å². The zero-order valence-electron chi connectivity index (χ0n) is 12.0. The van der Waals surface area contributed by atoms with Gasteiger partial charge in [-0.1, -0.05) is 32.0 Å². The average Bonchev–Trinajstić information content (AvgIpc) is 2.36. The second-order valence-corrected chi connectivity index (χ2v) is 5.10. The van der Waals surface area contributed by atoms with Crippen LogP contribution in [0.25, 0.3) is 0 Å². The molecule has 0 saturated heterocycles. The fourth-order valence-electron chi connectivity index (χ4n) is 1.83. The smallest absolute Gasteiger partial charge is 0.330 e. The van der Waals surface area contributed by atoms with Crippen molar-refractivity contribution in [2.24, 2.45) is 5.92 Å². The Morgan fingerprint density at radius 2 is 2.05 bits per heavy atom. The molecular weight excluding hydrogens is 245 g/mol. The number of halogens is 1. The Bertz CT molecular complexity index is 434. The fourth-order valence-corrected chi connectivity index (χ4v) is 1.83. The molecule has 0 spiro atoms. The van der Waals surface area contributed by atoms with Crippen molar-refractivity contribution in [2.45, 2.75) is 33.2 Å². The molecule has 0 bridgehead atoms. The van der Waals surface area contributed by atoms with Crippen molar-refractivity contribution in [3.05, 3.63) is 35.6 Å². The lowest BCUT2D eigenvalue weighted by atomic mass is 9.91. The van der Waals surface area contributed by atoms with Crippen molar-refractivity contribution < 1.29 is 13.9 Å². The highest BCUT2D eigenvalue weighted by Gasteiger charge is 2.38. The second-order valence-electron chi connectivity index (χ2n) is 5.10. The summed E-state index contributed by atoms with van der Waals surface area (Å²) in [7, 11) is 0. The number of carbonyl (C=O) groups is 1. The quantitative estimate of drug-likeness (QED) is 0.805. The van der Waals surface area contributed by atoms with Crippen LogP contribution in [0.1, 0.15) is 33.3 Å². The zero-order valence-corrected chi connectivity index (χ0v) is 12.0. The Morgan fingerprint density at radius 3 is 2.58 bits per heavy atom. The molecular formula is C15H22FNO2. The Kier molecular flexibility index (Phi) is 5.48. The van der Waals surface area contributed by atoms with Gasteiger partial charge in [0.05, 0.1) is 6.61 Å². The molecule has 0 amide bonds. The summed E-state index contributed by atoms with van der Waals surface area (Å²) >= 11 is 0. The molecule has 0 fully saturated rings. The van der Waals surface area contributed by atoms with Gasteiger partial charge >= 0.3 is 5.97 Å². The number of carbonyl (C=O) groups excluding carboxylic acids is 1. The standard InChI is InChI=1S/C15H22FNO2/c1-5-19-14(18)15(4,17-10-11(2)3)12-8-6-7-9-13(12)16/h6-9,11,17H,5,10H2,1-4H3. The van der Waals surface area contributed by atoms with Crippen LogP contribution in [0.5, 0.6) is 0 Å². The minimum atomic E-state index is -1.16. The van der Waals surface area contributed by atoms with Gasteiger partial charge in [0.25, 0.3) is 0 Å². The maximum atomic E-state index is 14.0. The second kappa shape index (κ2) is 6.66. The third-order valence-corrected chi connectivity index (χ3v) is 2.96. The lowest BCUT2D eigenvalue weighted by Crippen LogP contribution is -2.49. The topological polar surface area (TPSA) is 38.3 Å². The molecule has 3 nitrogen and oxygen atoms in total. The van der Waals surface area contributed by atoms with Gasteiger partial charge in [0, 0.05) is 5.56 Å². The van der Waals surface area contributed by atoms with E-state index in [1.807, 2.05) is 13.8 Å². The van der Waals surface area contributed by atoms with Crippen LogP contribution in [0.3, 0.4) is 0 Å². The lowest BCUT2D eigenvalue weighted by Gasteiger charge is -2.30. The minimum Gasteiger partial charge on any atom is -0.464 e. The van der Waals surface area contributed by atoms with Crippen molar-refractivity contribution in [3.8, 4) is 0 Å². The number of esters is 1. The minimum absolute atomic E-state index is 0.270. The van der Waals surface area contributed by atoms with Crippen molar-refractivity contribution in [3.63, 3.8) is 0 Å². The number of hydrogen-bond acceptors (Lipinski definition) is 3. The third kappa shape index (κ3) is 3.77. The first kappa shape index (κ1) is 15.6. The molecule has 1 N–H and O–H groups in total. The maximum Gasteiger partial charge on any atom is 0.330 e. The van der Waals surface area contributed by atoms with E-state index in [-0.39, 0.29) is 6.61 Å². The van der Waals surface area contributed by atoms with Gasteiger partial charge in [-0.3, -0.25) is 5.32 Å². The molecule has 0 radical (unpaired) electrons. The summed E-state index contributed by atoms with van der Waals surface area (Å²) in [6.45, 7) is 8.32. The van der Waals surface area contributed by atoms with Crippen molar-refractivity contribution in [1.82, 2.24) is 5.32 Å². The molecule has 1 aromatic carbocycles. The molecule has 1 aromatic rings. The van der Waals surface area contributed by atoms with Gasteiger partial charge in [0.1, 0.15) is 11.4 Å². The van der Waals surface area contributed by atoms with E-state index in [9.17, 15) is 9.18 Å². The van der Waals surface area contributed by atoms with Crippen molar-refractivity contribution >= 4 is 5.97 Å². The molecule has 1 unspecified atom stereocenters. The highest BCUT2D eigenvalue weighted by atomic mass is 19.1. The molecule has 106 valence electrons. The number of benzene rings is 1. The van der Waals surface area contributed by atoms with Gasteiger partial charge in [-0.25, -0.2) is 9.18 Å². The summed E-state index contributed by atoms with van der Waals surface area (Å²) in [6.07, 6.45) is 0. The summed E-state index contributed by atoms with van der Waals surface area (Å²) in [5, 5.41) is 3.12. The molecule has 0 aromatic heterocycles. The van der Waals surface area contributed by atoms with E-state index in [1.54, 1.807) is 32.0 Å². The molecule has 0 aliphatic rings. The van der Waals surface area contributed by atoms with E-state index in [4.69, 9.17) is 4.74 Å². The SMILES string of the molecule is CCOC(=O)C(C)(NCC(C)C)c1ccccc1F. The van der Waals surface area contributed by atoms with E-state index in [0.29, 0.717) is 18.0 Å². The summed E-state index contributed by atoms with van der Waals surface area (Å²) < 4.78 is 19.0. The Hall–Kier alpha value is -1.42. The Balaban J connectivity index is 3.11. The molecule has 0 saturated carbocycles. The van der Waals surface area contributed by atoms with Gasteiger partial charge in [-0.05, 0) is 32.4 Å². The first-order chi connectivity index (χ1) is 8.91. The lowest BCUT2D eigenvalue weighted by molar-refractivity contribution is -0.151. The number of ether oxygens (including phenoxy) is 1. The predicted molar refractivity (Wildman–Crippen MR) is 73.2 cm³/mol. The molecule has 1 atom stereocenters. The Labute approximate surface area is 114 Å². The highest BCUT2D eigenvalue weighted by molar-refractivity contribution is 5.82. The fraction of sp³-hybridized carbons (Fsp3) is 0.533. The molecule has 19 heavy (non-hydrogen) atoms. The van der Waals surface area contributed by atoms with Crippen LogP contribution >= 0.6 is 0 Å². The summed E-state index contributed by atoms with van der Waals surface area (Å²) in [6, 6.07) is 6.28. The molecule has 0 heterocycles.